The molecule has 2 rings (SSSR count). The molecule has 1 aromatic heterocycles. The number of benzene rings is 1. The van der Waals surface area contributed by atoms with E-state index in [0.29, 0.717) is 34.5 Å². The third-order valence-electron chi connectivity index (χ3n) is 2.35. The molecule has 0 atom stereocenters. The maximum absolute atomic E-state index is 13.0. The molecule has 0 unspecified atom stereocenters. The molecular weight excluding hydrogens is 273 g/mol. The lowest BCUT2D eigenvalue weighted by atomic mass is 10.2. The first-order chi connectivity index (χ1) is 9.15. The van der Waals surface area contributed by atoms with Gasteiger partial charge in [0.2, 0.25) is 0 Å². The molecule has 0 radical (unpaired) electrons. The summed E-state index contributed by atoms with van der Waals surface area (Å²) in [6.07, 6.45) is 2.64. The normalized spacial score (nSPS) is 10.7. The number of alkyl halides is 2. The SMILES string of the molecule is Fc1cncc(CNc2ccccc2SC(F)F)c1. The highest BCUT2D eigenvalue weighted by Gasteiger charge is 2.09. The van der Waals surface area contributed by atoms with E-state index in [9.17, 15) is 13.2 Å². The third-order valence-corrected chi connectivity index (χ3v) is 3.14. The Kier molecular flexibility index (Phi) is 4.68. The van der Waals surface area contributed by atoms with Gasteiger partial charge >= 0.3 is 0 Å². The van der Waals surface area contributed by atoms with E-state index in [4.69, 9.17) is 0 Å². The van der Waals surface area contributed by atoms with Crippen LogP contribution in [0.1, 0.15) is 5.56 Å². The van der Waals surface area contributed by atoms with Gasteiger partial charge in [-0.1, -0.05) is 23.9 Å². The zero-order valence-corrected chi connectivity index (χ0v) is 10.6. The van der Waals surface area contributed by atoms with Crippen LogP contribution < -0.4 is 5.32 Å². The minimum absolute atomic E-state index is 0.325. The van der Waals surface area contributed by atoms with E-state index in [2.05, 4.69) is 10.3 Å². The fourth-order valence-corrected chi connectivity index (χ4v) is 2.18. The molecule has 2 nitrogen and oxygen atoms in total. The van der Waals surface area contributed by atoms with Crippen LogP contribution >= 0.6 is 11.8 Å². The second kappa shape index (κ2) is 6.47. The molecule has 0 fully saturated rings. The summed E-state index contributed by atoms with van der Waals surface area (Å²) in [7, 11) is 0. The van der Waals surface area contributed by atoms with Gasteiger partial charge in [-0.3, -0.25) is 4.98 Å². The molecule has 0 saturated heterocycles. The van der Waals surface area contributed by atoms with E-state index in [-0.39, 0.29) is 0 Å². The molecule has 0 aliphatic carbocycles. The predicted octanol–water partition coefficient (Wildman–Crippen LogP) is 4.15. The minimum Gasteiger partial charge on any atom is -0.380 e. The standard InChI is InChI=1S/C13H11F3N2S/c14-10-5-9(6-17-8-10)7-18-11-3-1-2-4-12(11)19-13(15)16/h1-6,8,13,18H,7H2. The summed E-state index contributed by atoms with van der Waals surface area (Å²) in [5.41, 5.74) is 1.24. The number of anilines is 1. The fourth-order valence-electron chi connectivity index (χ4n) is 1.56. The van der Waals surface area contributed by atoms with Crippen molar-refractivity contribution >= 4 is 17.4 Å². The van der Waals surface area contributed by atoms with Gasteiger partial charge in [0.25, 0.3) is 5.76 Å². The van der Waals surface area contributed by atoms with Crippen molar-refractivity contribution in [3.8, 4) is 0 Å². The zero-order chi connectivity index (χ0) is 13.7. The number of para-hydroxylation sites is 1. The molecular formula is C13H11F3N2S. The first-order valence-electron chi connectivity index (χ1n) is 5.52. The van der Waals surface area contributed by atoms with Gasteiger partial charge in [0.1, 0.15) is 5.82 Å². The van der Waals surface area contributed by atoms with E-state index in [1.54, 1.807) is 24.3 Å². The number of pyridine rings is 1. The van der Waals surface area contributed by atoms with Crippen molar-refractivity contribution in [3.05, 3.63) is 54.1 Å². The highest BCUT2D eigenvalue weighted by molar-refractivity contribution is 7.99. The van der Waals surface area contributed by atoms with Crippen molar-refractivity contribution in [1.82, 2.24) is 4.98 Å². The average Bonchev–Trinajstić information content (AvgIpc) is 2.37. The molecule has 1 N–H and O–H groups in total. The van der Waals surface area contributed by atoms with Crippen LogP contribution in [0.15, 0.2) is 47.6 Å². The van der Waals surface area contributed by atoms with Gasteiger partial charge in [0.15, 0.2) is 0 Å². The number of hydrogen-bond acceptors (Lipinski definition) is 3. The Bertz CT molecular complexity index is 549. The molecule has 0 bridgehead atoms. The molecule has 0 saturated carbocycles. The quantitative estimate of drug-likeness (QED) is 0.835. The average molecular weight is 284 g/mol. The van der Waals surface area contributed by atoms with Crippen LogP contribution in [-0.2, 0) is 6.54 Å². The number of hydrogen-bond donors (Lipinski definition) is 1. The van der Waals surface area contributed by atoms with Crippen LogP contribution in [0.3, 0.4) is 0 Å². The fraction of sp³-hybridized carbons (Fsp3) is 0.154. The summed E-state index contributed by atoms with van der Waals surface area (Å²) < 4.78 is 37.7. The molecule has 1 heterocycles. The molecule has 0 aliphatic heterocycles. The van der Waals surface area contributed by atoms with Crippen molar-refractivity contribution in [1.29, 1.82) is 0 Å². The molecule has 1 aromatic carbocycles. The molecule has 0 amide bonds. The number of nitrogens with one attached hydrogen (secondary N) is 1. The lowest BCUT2D eigenvalue weighted by molar-refractivity contribution is 0.252. The third kappa shape index (κ3) is 4.17. The molecule has 19 heavy (non-hydrogen) atoms. The molecule has 2 aromatic rings. The second-order valence-electron chi connectivity index (χ2n) is 3.74. The molecule has 100 valence electrons. The predicted molar refractivity (Wildman–Crippen MR) is 69.8 cm³/mol. The van der Waals surface area contributed by atoms with E-state index in [1.165, 1.54) is 12.3 Å². The number of aromatic nitrogens is 1. The highest BCUT2D eigenvalue weighted by atomic mass is 32.2. The van der Waals surface area contributed by atoms with E-state index < -0.39 is 11.6 Å². The van der Waals surface area contributed by atoms with E-state index >= 15 is 0 Å². The number of thioether (sulfide) groups is 1. The van der Waals surface area contributed by atoms with Crippen molar-refractivity contribution in [2.75, 3.05) is 5.32 Å². The summed E-state index contributed by atoms with van der Waals surface area (Å²) in [6.45, 7) is 0.325. The van der Waals surface area contributed by atoms with Crippen LogP contribution in [-0.4, -0.2) is 10.7 Å². The number of nitrogens with zero attached hydrogens (tertiary/aromatic N) is 1. The number of rotatable bonds is 5. The van der Waals surface area contributed by atoms with E-state index in [1.807, 2.05) is 0 Å². The maximum Gasteiger partial charge on any atom is 0.288 e. The van der Waals surface area contributed by atoms with Gasteiger partial charge in [0.05, 0.1) is 6.20 Å². The van der Waals surface area contributed by atoms with E-state index in [0.717, 1.165) is 6.20 Å². The molecule has 0 aliphatic rings. The van der Waals surface area contributed by atoms with Crippen molar-refractivity contribution in [3.63, 3.8) is 0 Å². The summed E-state index contributed by atoms with van der Waals surface area (Å²) in [5, 5.41) is 3.00. The smallest absolute Gasteiger partial charge is 0.288 e. The maximum atomic E-state index is 13.0. The Morgan fingerprint density at radius 3 is 2.74 bits per heavy atom. The lowest BCUT2D eigenvalue weighted by Crippen LogP contribution is -2.02. The summed E-state index contributed by atoms with van der Waals surface area (Å²) in [6, 6.07) is 8.12. The molecule has 0 spiro atoms. The van der Waals surface area contributed by atoms with Crippen molar-refractivity contribution < 1.29 is 13.2 Å². The van der Waals surface area contributed by atoms with Crippen LogP contribution in [0.4, 0.5) is 18.9 Å². The Hall–Kier alpha value is -1.69. The summed E-state index contributed by atoms with van der Waals surface area (Å²) in [4.78, 5) is 4.19. The van der Waals surface area contributed by atoms with Crippen LogP contribution in [0, 0.1) is 5.82 Å². The Balaban J connectivity index is 2.07. The van der Waals surface area contributed by atoms with Gasteiger partial charge < -0.3 is 5.32 Å². The first-order valence-corrected chi connectivity index (χ1v) is 6.40. The van der Waals surface area contributed by atoms with Crippen LogP contribution in [0.2, 0.25) is 0 Å². The monoisotopic (exact) mass is 284 g/mol. The van der Waals surface area contributed by atoms with Crippen molar-refractivity contribution in [2.24, 2.45) is 0 Å². The largest absolute Gasteiger partial charge is 0.380 e. The summed E-state index contributed by atoms with van der Waals surface area (Å²) in [5.74, 6) is -2.90. The first kappa shape index (κ1) is 13.7. The van der Waals surface area contributed by atoms with Crippen LogP contribution in [0.25, 0.3) is 0 Å². The van der Waals surface area contributed by atoms with Gasteiger partial charge in [-0.05, 0) is 23.8 Å². The highest BCUT2D eigenvalue weighted by Crippen LogP contribution is 2.31. The Labute approximate surface area is 113 Å². The van der Waals surface area contributed by atoms with Crippen LogP contribution in [0.5, 0.6) is 0 Å². The van der Waals surface area contributed by atoms with Gasteiger partial charge in [-0.15, -0.1) is 0 Å². The minimum atomic E-state index is -2.47. The van der Waals surface area contributed by atoms with Crippen molar-refractivity contribution in [2.45, 2.75) is 17.2 Å². The van der Waals surface area contributed by atoms with Gasteiger partial charge in [0, 0.05) is 23.3 Å². The lowest BCUT2D eigenvalue weighted by Gasteiger charge is -2.11. The zero-order valence-electron chi connectivity index (χ0n) is 9.82. The Morgan fingerprint density at radius 1 is 1.21 bits per heavy atom. The van der Waals surface area contributed by atoms with Gasteiger partial charge in [-0.25, -0.2) is 4.39 Å². The topological polar surface area (TPSA) is 24.9 Å². The summed E-state index contributed by atoms with van der Waals surface area (Å²) >= 11 is 0.478. The molecule has 6 heteroatoms. The number of halogens is 3. The second-order valence-corrected chi connectivity index (χ2v) is 4.77. The Morgan fingerprint density at radius 2 is 2.00 bits per heavy atom. The van der Waals surface area contributed by atoms with Gasteiger partial charge in [-0.2, -0.15) is 8.78 Å².